The summed E-state index contributed by atoms with van der Waals surface area (Å²) >= 11 is 0. The van der Waals surface area contributed by atoms with Crippen molar-refractivity contribution in [2.24, 2.45) is 0 Å². The predicted molar refractivity (Wildman–Crippen MR) is 94.9 cm³/mol. The van der Waals surface area contributed by atoms with Gasteiger partial charge < -0.3 is 10.6 Å². The molecule has 0 aliphatic rings. The van der Waals surface area contributed by atoms with Crippen LogP contribution in [0, 0.1) is 13.8 Å². The molecule has 2 aromatic rings. The molecule has 0 aliphatic heterocycles. The fourth-order valence-corrected chi connectivity index (χ4v) is 2.37. The maximum atomic E-state index is 12.1. The molecular formula is C18H24N4O2. The van der Waals surface area contributed by atoms with Crippen LogP contribution < -0.4 is 10.6 Å². The third kappa shape index (κ3) is 4.94. The Kier molecular flexibility index (Phi) is 6.12. The quantitative estimate of drug-likeness (QED) is 0.766. The molecule has 1 aromatic heterocycles. The molecule has 0 saturated carbocycles. The molecule has 2 amide bonds. The lowest BCUT2D eigenvalue weighted by Crippen LogP contribution is -2.23. The van der Waals surface area contributed by atoms with E-state index in [2.05, 4.69) is 22.7 Å². The van der Waals surface area contributed by atoms with Gasteiger partial charge in [0.05, 0.1) is 6.20 Å². The summed E-state index contributed by atoms with van der Waals surface area (Å²) in [7, 11) is 0. The second kappa shape index (κ2) is 8.29. The molecular weight excluding hydrogens is 304 g/mol. The summed E-state index contributed by atoms with van der Waals surface area (Å²) in [6, 6.07) is 7.47. The molecule has 6 heteroatoms. The van der Waals surface area contributed by atoms with E-state index in [0.717, 1.165) is 30.5 Å². The van der Waals surface area contributed by atoms with E-state index >= 15 is 0 Å². The van der Waals surface area contributed by atoms with Crippen LogP contribution >= 0.6 is 0 Å². The predicted octanol–water partition coefficient (Wildman–Crippen LogP) is 3.27. The van der Waals surface area contributed by atoms with Gasteiger partial charge in [-0.15, -0.1) is 0 Å². The van der Waals surface area contributed by atoms with Gasteiger partial charge in [0.1, 0.15) is 12.2 Å². The van der Waals surface area contributed by atoms with Crippen molar-refractivity contribution in [2.75, 3.05) is 10.6 Å². The van der Waals surface area contributed by atoms with Crippen LogP contribution in [-0.4, -0.2) is 21.6 Å². The van der Waals surface area contributed by atoms with E-state index in [9.17, 15) is 9.59 Å². The minimum Gasteiger partial charge on any atom is -0.326 e. The van der Waals surface area contributed by atoms with Crippen LogP contribution in [0.1, 0.15) is 37.3 Å². The highest BCUT2D eigenvalue weighted by Gasteiger charge is 2.14. The fourth-order valence-electron chi connectivity index (χ4n) is 2.37. The zero-order valence-corrected chi connectivity index (χ0v) is 14.4. The number of carbonyl (C=O) groups excluding carboxylic acids is 2. The second-order valence-electron chi connectivity index (χ2n) is 5.90. The first-order valence-electron chi connectivity index (χ1n) is 8.18. The molecule has 0 atom stereocenters. The Balaban J connectivity index is 1.93. The summed E-state index contributed by atoms with van der Waals surface area (Å²) in [5.74, 6) is -0.0197. The summed E-state index contributed by atoms with van der Waals surface area (Å²) in [5.41, 5.74) is 2.63. The highest BCUT2D eigenvalue weighted by Crippen LogP contribution is 2.15. The number of nitrogens with one attached hydrogen (secondary N) is 2. The van der Waals surface area contributed by atoms with Gasteiger partial charge in [0, 0.05) is 17.8 Å². The highest BCUT2D eigenvalue weighted by atomic mass is 16.2. The average Bonchev–Trinajstić information content (AvgIpc) is 2.85. The molecule has 24 heavy (non-hydrogen) atoms. The molecule has 6 nitrogen and oxygen atoms in total. The minimum absolute atomic E-state index is 0.230. The number of unbranched alkanes of at least 4 members (excludes halogenated alkanes) is 1. The minimum atomic E-state index is -0.346. The first-order chi connectivity index (χ1) is 11.5. The Labute approximate surface area is 142 Å². The molecule has 0 aliphatic carbocycles. The number of aromatic nitrogens is 2. The third-order valence-corrected chi connectivity index (χ3v) is 3.63. The smallest absolute Gasteiger partial charge is 0.234 e. The van der Waals surface area contributed by atoms with Crippen molar-refractivity contribution in [3.8, 4) is 0 Å². The molecule has 2 N–H and O–H groups in total. The second-order valence-corrected chi connectivity index (χ2v) is 5.90. The zero-order chi connectivity index (χ0) is 17.5. The van der Waals surface area contributed by atoms with Gasteiger partial charge in [-0.3, -0.25) is 9.59 Å². The lowest BCUT2D eigenvalue weighted by molar-refractivity contribution is -0.123. The van der Waals surface area contributed by atoms with Crippen LogP contribution in [0.25, 0.3) is 0 Å². The first-order valence-corrected chi connectivity index (χ1v) is 8.18. The number of anilines is 2. The zero-order valence-electron chi connectivity index (χ0n) is 14.4. The monoisotopic (exact) mass is 328 g/mol. The third-order valence-electron chi connectivity index (χ3n) is 3.63. The van der Waals surface area contributed by atoms with Crippen LogP contribution in [0.15, 0.2) is 30.5 Å². The Morgan fingerprint density at radius 2 is 1.92 bits per heavy atom. The lowest BCUT2D eigenvalue weighted by Gasteiger charge is -2.10. The van der Waals surface area contributed by atoms with Crippen molar-refractivity contribution < 1.29 is 9.59 Å². The molecule has 0 unspecified atom stereocenters. The molecule has 0 spiro atoms. The van der Waals surface area contributed by atoms with E-state index in [1.807, 2.05) is 32.0 Å². The Morgan fingerprint density at radius 1 is 1.17 bits per heavy atom. The Morgan fingerprint density at radius 3 is 2.62 bits per heavy atom. The largest absolute Gasteiger partial charge is 0.326 e. The van der Waals surface area contributed by atoms with Gasteiger partial charge in [-0.25, -0.2) is 4.68 Å². The first kappa shape index (κ1) is 17.7. The molecule has 0 fully saturated rings. The van der Waals surface area contributed by atoms with Gasteiger partial charge in [0.2, 0.25) is 11.8 Å². The van der Waals surface area contributed by atoms with E-state index in [4.69, 9.17) is 0 Å². The van der Waals surface area contributed by atoms with Crippen molar-refractivity contribution >= 4 is 23.3 Å². The van der Waals surface area contributed by atoms with Crippen LogP contribution in [0.5, 0.6) is 0 Å². The van der Waals surface area contributed by atoms with Gasteiger partial charge in [0.15, 0.2) is 0 Å². The Bertz CT molecular complexity index is 722. The summed E-state index contributed by atoms with van der Waals surface area (Å²) in [5, 5.41) is 9.80. The maximum Gasteiger partial charge on any atom is 0.234 e. The lowest BCUT2D eigenvalue weighted by atomic mass is 10.2. The molecule has 128 valence electrons. The molecule has 0 radical (unpaired) electrons. The van der Waals surface area contributed by atoms with Gasteiger partial charge in [-0.05, 0) is 38.0 Å². The number of hydrogen-bond donors (Lipinski definition) is 2. The Hall–Kier alpha value is -2.63. The number of rotatable bonds is 7. The van der Waals surface area contributed by atoms with E-state index < -0.39 is 0 Å². The summed E-state index contributed by atoms with van der Waals surface area (Å²) in [4.78, 5) is 24.2. The number of nitrogens with zero attached hydrogens (tertiary/aromatic N) is 2. The summed E-state index contributed by atoms with van der Waals surface area (Å²) in [6.45, 7) is 6.68. The number of aryl methyl sites for hydroxylation is 3. The molecule has 1 heterocycles. The van der Waals surface area contributed by atoms with E-state index in [-0.39, 0.29) is 18.2 Å². The highest BCUT2D eigenvalue weighted by molar-refractivity contribution is 6.08. The van der Waals surface area contributed by atoms with Crippen molar-refractivity contribution in [3.63, 3.8) is 0 Å². The van der Waals surface area contributed by atoms with Crippen molar-refractivity contribution in [1.82, 2.24) is 9.78 Å². The normalized spacial score (nSPS) is 10.5. The van der Waals surface area contributed by atoms with Gasteiger partial charge in [-0.1, -0.05) is 25.5 Å². The summed E-state index contributed by atoms with van der Waals surface area (Å²) in [6.07, 6.45) is 3.52. The average molecular weight is 328 g/mol. The van der Waals surface area contributed by atoms with Crippen molar-refractivity contribution in [1.29, 1.82) is 0 Å². The van der Waals surface area contributed by atoms with E-state index in [0.29, 0.717) is 11.5 Å². The maximum absolute atomic E-state index is 12.1. The van der Waals surface area contributed by atoms with Crippen LogP contribution in [0.2, 0.25) is 0 Å². The van der Waals surface area contributed by atoms with Crippen LogP contribution in [0.3, 0.4) is 0 Å². The molecule has 2 rings (SSSR count). The fraction of sp³-hybridized carbons (Fsp3) is 0.389. The standard InChI is InChI=1S/C18H24N4O2/c1-4-5-9-22-18(14(3)12-19-22)21-17(24)11-16(23)20-15-8-6-7-13(2)10-15/h6-8,10,12H,4-5,9,11H2,1-3H3,(H,20,23)(H,21,24). The van der Waals surface area contributed by atoms with Crippen molar-refractivity contribution in [3.05, 3.63) is 41.6 Å². The van der Waals surface area contributed by atoms with Gasteiger partial charge in [0.25, 0.3) is 0 Å². The molecule has 0 saturated heterocycles. The SMILES string of the molecule is CCCCn1ncc(C)c1NC(=O)CC(=O)Nc1cccc(C)c1. The van der Waals surface area contributed by atoms with Crippen molar-refractivity contribution in [2.45, 2.75) is 46.6 Å². The van der Waals surface area contributed by atoms with Gasteiger partial charge in [-0.2, -0.15) is 5.10 Å². The molecule has 1 aromatic carbocycles. The number of hydrogen-bond acceptors (Lipinski definition) is 3. The number of carbonyl (C=O) groups is 2. The van der Waals surface area contributed by atoms with E-state index in [1.54, 1.807) is 16.9 Å². The topological polar surface area (TPSA) is 76.0 Å². The number of benzene rings is 1. The number of amides is 2. The van der Waals surface area contributed by atoms with Gasteiger partial charge >= 0.3 is 0 Å². The van der Waals surface area contributed by atoms with E-state index in [1.165, 1.54) is 0 Å². The van der Waals surface area contributed by atoms with Crippen LogP contribution in [-0.2, 0) is 16.1 Å². The summed E-state index contributed by atoms with van der Waals surface area (Å²) < 4.78 is 1.77. The van der Waals surface area contributed by atoms with Crippen LogP contribution in [0.4, 0.5) is 11.5 Å². The molecule has 0 bridgehead atoms.